The van der Waals surface area contributed by atoms with Crippen LogP contribution >= 0.6 is 0 Å². The monoisotopic (exact) mass is 968 g/mol. The van der Waals surface area contributed by atoms with Gasteiger partial charge in [-0.2, -0.15) is 0 Å². The number of cyclic esters (lactones) is 2. The standard InChI is InChI=1S/2C23H32O11/c2*1-11(5-7-17(27)33-10-16(26)21(30)20(29)15(25)8-24)4-6-13-19(28)18-14(9-34-23(18)31)12(2)22(13)32-3/h2*4,15-16,20-21,24-26,28-30H,5-10H2,1-3H3/b2*11-4+/t15-,16+,20+,21+;15-,16+,20-,21-/m01/s1. The first-order valence-corrected chi connectivity index (χ1v) is 21.5. The summed E-state index contributed by atoms with van der Waals surface area (Å²) in [6, 6.07) is 0. The van der Waals surface area contributed by atoms with Crippen molar-refractivity contribution < 1.29 is 109 Å². The Balaban J connectivity index is 0.000000360. The second-order valence-electron chi connectivity index (χ2n) is 16.3. The summed E-state index contributed by atoms with van der Waals surface area (Å²) in [4.78, 5) is 47.9. The van der Waals surface area contributed by atoms with E-state index in [4.69, 9.17) is 38.6 Å². The van der Waals surface area contributed by atoms with Gasteiger partial charge in [0.2, 0.25) is 0 Å². The number of benzene rings is 2. The first kappa shape index (κ1) is 56.9. The van der Waals surface area contributed by atoms with E-state index < -0.39 is 99.1 Å². The molecule has 0 saturated heterocycles. The van der Waals surface area contributed by atoms with Gasteiger partial charge in [0, 0.05) is 35.1 Å². The number of allylic oxidation sites excluding steroid dienone is 4. The van der Waals surface area contributed by atoms with Gasteiger partial charge in [0.05, 0.1) is 27.4 Å². The van der Waals surface area contributed by atoms with Crippen LogP contribution in [0.5, 0.6) is 23.0 Å². The molecule has 12 N–H and O–H groups in total. The number of methoxy groups -OCH3 is 2. The number of esters is 4. The Morgan fingerprint density at radius 2 is 0.897 bits per heavy atom. The molecule has 8 atom stereocenters. The molecule has 0 radical (unpaired) electrons. The molecule has 4 rings (SSSR count). The molecule has 0 bridgehead atoms. The summed E-state index contributed by atoms with van der Waals surface area (Å²) in [6.45, 7) is 4.44. The Morgan fingerprint density at radius 1 is 0.574 bits per heavy atom. The van der Waals surface area contributed by atoms with Crippen molar-refractivity contribution in [1.82, 2.24) is 0 Å². The van der Waals surface area contributed by atoms with E-state index in [1.807, 2.05) is 0 Å². The van der Waals surface area contributed by atoms with Gasteiger partial charge in [-0.25, -0.2) is 9.59 Å². The number of aliphatic hydroxyl groups excluding tert-OH is 10. The van der Waals surface area contributed by atoms with E-state index in [1.54, 1.807) is 39.8 Å². The molecule has 22 nitrogen and oxygen atoms in total. The van der Waals surface area contributed by atoms with Gasteiger partial charge in [0.25, 0.3) is 0 Å². The van der Waals surface area contributed by atoms with Gasteiger partial charge in [0.15, 0.2) is 0 Å². The molecule has 2 aromatic rings. The van der Waals surface area contributed by atoms with Gasteiger partial charge in [-0.3, -0.25) is 9.59 Å². The fourth-order valence-electron chi connectivity index (χ4n) is 7.24. The zero-order valence-corrected chi connectivity index (χ0v) is 38.7. The number of phenols is 2. The first-order valence-electron chi connectivity index (χ1n) is 21.5. The second kappa shape index (κ2) is 26.4. The zero-order chi connectivity index (χ0) is 51.2. The predicted octanol–water partition coefficient (Wildman–Crippen LogP) is -0.745. The van der Waals surface area contributed by atoms with Crippen LogP contribution in [0, 0.1) is 13.8 Å². The summed E-state index contributed by atoms with van der Waals surface area (Å²) in [5, 5.41) is 116. The molecule has 2 aliphatic heterocycles. The van der Waals surface area contributed by atoms with E-state index in [9.17, 15) is 70.2 Å². The van der Waals surface area contributed by atoms with Gasteiger partial charge >= 0.3 is 23.9 Å². The topological polar surface area (TPSA) is 366 Å². The van der Waals surface area contributed by atoms with Gasteiger partial charge < -0.3 is 89.7 Å². The molecule has 0 unspecified atom stereocenters. The number of ether oxygens (including phenoxy) is 6. The zero-order valence-electron chi connectivity index (χ0n) is 38.7. The van der Waals surface area contributed by atoms with Crippen molar-refractivity contribution in [3.05, 3.63) is 67.8 Å². The van der Waals surface area contributed by atoms with E-state index in [0.29, 0.717) is 57.7 Å². The Kier molecular flexibility index (Phi) is 22.1. The van der Waals surface area contributed by atoms with Crippen LogP contribution in [-0.2, 0) is 54.6 Å². The van der Waals surface area contributed by atoms with E-state index in [2.05, 4.69) is 0 Å². The summed E-state index contributed by atoms with van der Waals surface area (Å²) >= 11 is 0. The summed E-state index contributed by atoms with van der Waals surface area (Å²) in [6.07, 6.45) is -9.25. The van der Waals surface area contributed by atoms with Crippen LogP contribution in [0.4, 0.5) is 0 Å². The third-order valence-corrected chi connectivity index (χ3v) is 11.5. The quantitative estimate of drug-likeness (QED) is 0.0350. The van der Waals surface area contributed by atoms with Crippen molar-refractivity contribution in [2.45, 2.75) is 128 Å². The van der Waals surface area contributed by atoms with Crippen LogP contribution in [0.2, 0.25) is 0 Å². The Bertz CT molecular complexity index is 2000. The lowest BCUT2D eigenvalue weighted by Crippen LogP contribution is -2.47. The maximum atomic E-state index is 12.0. The highest BCUT2D eigenvalue weighted by molar-refractivity contribution is 5.98. The number of aromatic hydroxyl groups is 2. The molecule has 0 amide bonds. The van der Waals surface area contributed by atoms with E-state index >= 15 is 0 Å². The summed E-state index contributed by atoms with van der Waals surface area (Å²) < 4.78 is 30.7. The summed E-state index contributed by atoms with van der Waals surface area (Å²) in [5.41, 5.74) is 5.34. The number of carbonyl (C=O) groups is 4. The molecule has 2 aliphatic rings. The predicted molar refractivity (Wildman–Crippen MR) is 235 cm³/mol. The molecule has 0 aliphatic carbocycles. The van der Waals surface area contributed by atoms with E-state index in [0.717, 1.165) is 11.1 Å². The number of carbonyl (C=O) groups excluding carboxylic acids is 4. The van der Waals surface area contributed by atoms with Crippen molar-refractivity contribution in [2.75, 3.05) is 40.6 Å². The molecule has 0 fully saturated rings. The van der Waals surface area contributed by atoms with Crippen molar-refractivity contribution in [3.63, 3.8) is 0 Å². The molecule has 2 aromatic carbocycles. The Labute approximate surface area is 391 Å². The number of fused-ring (bicyclic) bond motifs is 2. The smallest absolute Gasteiger partial charge is 0.342 e. The fraction of sp³-hybridized carbons (Fsp3) is 0.565. The Hall–Kier alpha value is -5.40. The van der Waals surface area contributed by atoms with E-state index in [-0.39, 0.29) is 61.5 Å². The van der Waals surface area contributed by atoms with Crippen molar-refractivity contribution in [2.24, 2.45) is 0 Å². The van der Waals surface area contributed by atoms with E-state index in [1.165, 1.54) is 14.2 Å². The molecule has 68 heavy (non-hydrogen) atoms. The Morgan fingerprint density at radius 3 is 1.21 bits per heavy atom. The highest BCUT2D eigenvalue weighted by Gasteiger charge is 2.35. The lowest BCUT2D eigenvalue weighted by Gasteiger charge is -2.25. The van der Waals surface area contributed by atoms with Gasteiger partial charge in [0.1, 0.15) is 109 Å². The minimum atomic E-state index is -1.81. The maximum absolute atomic E-state index is 12.0. The molecule has 2 heterocycles. The fourth-order valence-corrected chi connectivity index (χ4v) is 7.24. The third kappa shape index (κ3) is 14.3. The van der Waals surface area contributed by atoms with Gasteiger partial charge in [-0.15, -0.1) is 0 Å². The highest BCUT2D eigenvalue weighted by Crippen LogP contribution is 2.43. The largest absolute Gasteiger partial charge is 0.507 e. The minimum Gasteiger partial charge on any atom is -0.507 e. The van der Waals surface area contributed by atoms with Crippen molar-refractivity contribution in [1.29, 1.82) is 0 Å². The SMILES string of the molecule is COc1c(C)c2c(c(O)c1C/C=C(\C)CCC(=O)OC[C@@H](O)[C@@H](O)[C@H](O)[C@@H](O)CO)C(=O)OC2.COc1c(C)c2c(c(O)c1C/C=C(\C)CCC(=O)OC[C@H](O)[C@@H](O)[C@H](O)[C@H](O)CO)C(=O)OC2. The third-order valence-electron chi connectivity index (χ3n) is 11.5. The average Bonchev–Trinajstić information content (AvgIpc) is 3.93. The molecular weight excluding hydrogens is 904 g/mol. The lowest BCUT2D eigenvalue weighted by atomic mass is 9.94. The molecular formula is C46H64O22. The number of rotatable bonds is 24. The van der Waals surface area contributed by atoms with Crippen LogP contribution in [0.25, 0.3) is 0 Å². The van der Waals surface area contributed by atoms with Crippen LogP contribution in [-0.4, -0.2) is 175 Å². The molecule has 0 aromatic heterocycles. The van der Waals surface area contributed by atoms with Crippen LogP contribution in [0.15, 0.2) is 23.3 Å². The lowest BCUT2D eigenvalue weighted by molar-refractivity contribution is -0.156. The van der Waals surface area contributed by atoms with Gasteiger partial charge in [-0.1, -0.05) is 23.3 Å². The number of hydrogen-bond donors (Lipinski definition) is 12. The summed E-state index contributed by atoms with van der Waals surface area (Å²) in [5.74, 6) is -1.96. The van der Waals surface area contributed by atoms with Crippen LogP contribution in [0.3, 0.4) is 0 Å². The molecule has 0 saturated carbocycles. The van der Waals surface area contributed by atoms with Crippen LogP contribution < -0.4 is 9.47 Å². The van der Waals surface area contributed by atoms with Crippen molar-refractivity contribution >= 4 is 23.9 Å². The highest BCUT2D eigenvalue weighted by atomic mass is 16.6. The second-order valence-corrected chi connectivity index (χ2v) is 16.3. The summed E-state index contributed by atoms with van der Waals surface area (Å²) in [7, 11) is 2.94. The minimum absolute atomic E-state index is 0.0361. The molecule has 380 valence electrons. The number of phenolic OH excluding ortho intramolecular Hbond substituents is 2. The van der Waals surface area contributed by atoms with Crippen molar-refractivity contribution in [3.8, 4) is 23.0 Å². The molecule has 0 spiro atoms. The first-order chi connectivity index (χ1) is 32.1. The maximum Gasteiger partial charge on any atom is 0.342 e. The van der Waals surface area contributed by atoms with Crippen LogP contribution in [0.1, 0.15) is 93.6 Å². The van der Waals surface area contributed by atoms with Gasteiger partial charge in [-0.05, 0) is 64.5 Å². The normalized spacial score (nSPS) is 16.9. The average molecular weight is 969 g/mol. The molecule has 22 heteroatoms. The number of hydrogen-bond acceptors (Lipinski definition) is 22. The number of aliphatic hydroxyl groups is 10.